The van der Waals surface area contributed by atoms with Crippen LogP contribution in [0, 0.1) is 0 Å². The molecule has 0 aromatic heterocycles. The minimum Gasteiger partial charge on any atom is -0.508 e. The molecule has 0 unspecified atom stereocenters. The third-order valence-corrected chi connectivity index (χ3v) is 3.73. The number of amides is 1. The molecule has 2 rings (SSSR count). The lowest BCUT2D eigenvalue weighted by Crippen LogP contribution is -2.18. The summed E-state index contributed by atoms with van der Waals surface area (Å²) in [6.07, 6.45) is -4.52. The van der Waals surface area contributed by atoms with Crippen LogP contribution in [0.4, 0.5) is 18.9 Å². The van der Waals surface area contributed by atoms with Crippen LogP contribution in [-0.2, 0) is 11.0 Å². The van der Waals surface area contributed by atoms with Crippen LogP contribution in [-0.4, -0.2) is 16.8 Å². The van der Waals surface area contributed by atoms with Gasteiger partial charge in [0, 0.05) is 4.90 Å². The van der Waals surface area contributed by atoms with Gasteiger partial charge in [-0.3, -0.25) is 4.79 Å². The van der Waals surface area contributed by atoms with Gasteiger partial charge in [0.05, 0.1) is 17.0 Å². The second-order valence-electron chi connectivity index (χ2n) is 4.37. The van der Waals surface area contributed by atoms with Crippen molar-refractivity contribution in [1.82, 2.24) is 0 Å². The van der Waals surface area contributed by atoms with Crippen LogP contribution >= 0.6 is 11.8 Å². The fraction of sp³-hybridized carbons (Fsp3) is 0.133. The van der Waals surface area contributed by atoms with E-state index in [1.807, 2.05) is 0 Å². The average Bonchev–Trinajstić information content (AvgIpc) is 2.46. The second-order valence-corrected chi connectivity index (χ2v) is 5.42. The number of carbonyl (C=O) groups excluding carboxylic acids is 1. The number of thioether (sulfide) groups is 1. The van der Waals surface area contributed by atoms with E-state index in [4.69, 9.17) is 5.11 Å². The Balaban J connectivity index is 1.99. The van der Waals surface area contributed by atoms with Crippen LogP contribution in [0.5, 0.6) is 5.75 Å². The lowest BCUT2D eigenvalue weighted by Gasteiger charge is -2.13. The topological polar surface area (TPSA) is 49.3 Å². The van der Waals surface area contributed by atoms with Crippen molar-refractivity contribution in [2.24, 2.45) is 0 Å². The summed E-state index contributed by atoms with van der Waals surface area (Å²) in [5.74, 6) is -0.459. The molecule has 1 amide bonds. The van der Waals surface area contributed by atoms with Crippen molar-refractivity contribution in [2.75, 3.05) is 11.1 Å². The van der Waals surface area contributed by atoms with E-state index in [1.165, 1.54) is 42.1 Å². The summed E-state index contributed by atoms with van der Waals surface area (Å²) in [6, 6.07) is 11.0. The van der Waals surface area contributed by atoms with Gasteiger partial charge in [0.25, 0.3) is 0 Å². The molecule has 0 heterocycles. The van der Waals surface area contributed by atoms with Crippen molar-refractivity contribution in [1.29, 1.82) is 0 Å². The maximum Gasteiger partial charge on any atom is 0.418 e. The van der Waals surface area contributed by atoms with Crippen molar-refractivity contribution in [3.8, 4) is 5.75 Å². The number of alkyl halides is 3. The summed E-state index contributed by atoms with van der Waals surface area (Å²) in [5, 5.41) is 11.4. The fourth-order valence-corrected chi connectivity index (χ4v) is 2.42. The average molecular weight is 327 g/mol. The molecule has 116 valence electrons. The van der Waals surface area contributed by atoms with Gasteiger partial charge < -0.3 is 10.4 Å². The van der Waals surface area contributed by atoms with E-state index in [0.29, 0.717) is 0 Å². The predicted molar refractivity (Wildman–Crippen MR) is 78.9 cm³/mol. The molecule has 7 heteroatoms. The molecule has 2 N–H and O–H groups in total. The molecule has 0 bridgehead atoms. The smallest absolute Gasteiger partial charge is 0.418 e. The molecule has 0 saturated carbocycles. The molecule has 0 radical (unpaired) electrons. The maximum atomic E-state index is 12.8. The number of benzene rings is 2. The highest BCUT2D eigenvalue weighted by atomic mass is 32.2. The van der Waals surface area contributed by atoms with Crippen molar-refractivity contribution in [3.63, 3.8) is 0 Å². The van der Waals surface area contributed by atoms with Crippen LogP contribution in [0.3, 0.4) is 0 Å². The Morgan fingerprint density at radius 3 is 2.36 bits per heavy atom. The molecule has 0 aliphatic rings. The Labute approximate surface area is 129 Å². The standard InChI is InChI=1S/C15H12F3NO2S/c16-15(17,18)12-3-1-2-4-13(12)19-14(21)9-22-11-7-5-10(20)6-8-11/h1-8,20H,9H2,(H,19,21). The van der Waals surface area contributed by atoms with Gasteiger partial charge in [0.1, 0.15) is 5.75 Å². The molecular weight excluding hydrogens is 315 g/mol. The number of phenols is 1. The minimum atomic E-state index is -4.52. The van der Waals surface area contributed by atoms with Crippen molar-refractivity contribution in [3.05, 3.63) is 54.1 Å². The number of anilines is 1. The molecule has 2 aromatic rings. The first-order chi connectivity index (χ1) is 10.4. The van der Waals surface area contributed by atoms with Gasteiger partial charge in [-0.05, 0) is 36.4 Å². The monoisotopic (exact) mass is 327 g/mol. The number of aromatic hydroxyl groups is 1. The van der Waals surface area contributed by atoms with Gasteiger partial charge in [-0.25, -0.2) is 0 Å². The minimum absolute atomic E-state index is 0.0308. The first-order valence-electron chi connectivity index (χ1n) is 6.24. The van der Waals surface area contributed by atoms with E-state index < -0.39 is 17.6 Å². The summed E-state index contributed by atoms with van der Waals surface area (Å²) < 4.78 is 38.4. The third-order valence-electron chi connectivity index (χ3n) is 2.71. The van der Waals surface area contributed by atoms with Crippen LogP contribution in [0.25, 0.3) is 0 Å². The SMILES string of the molecule is O=C(CSc1ccc(O)cc1)Nc1ccccc1C(F)(F)F. The molecule has 0 atom stereocenters. The van der Waals surface area contributed by atoms with Gasteiger partial charge in [-0.1, -0.05) is 12.1 Å². The zero-order chi connectivity index (χ0) is 16.2. The number of hydrogen-bond acceptors (Lipinski definition) is 3. The van der Waals surface area contributed by atoms with E-state index in [0.717, 1.165) is 11.0 Å². The zero-order valence-electron chi connectivity index (χ0n) is 11.2. The van der Waals surface area contributed by atoms with E-state index in [2.05, 4.69) is 5.32 Å². The van der Waals surface area contributed by atoms with Gasteiger partial charge in [0.2, 0.25) is 5.91 Å². The lowest BCUT2D eigenvalue weighted by molar-refractivity contribution is -0.137. The summed E-state index contributed by atoms with van der Waals surface area (Å²) >= 11 is 1.17. The van der Waals surface area contributed by atoms with E-state index in [-0.39, 0.29) is 17.2 Å². The maximum absolute atomic E-state index is 12.8. The molecule has 2 aromatic carbocycles. The Bertz CT molecular complexity index is 657. The molecule has 0 aliphatic heterocycles. The molecule has 22 heavy (non-hydrogen) atoms. The Kier molecular flexibility index (Phi) is 4.97. The van der Waals surface area contributed by atoms with E-state index >= 15 is 0 Å². The van der Waals surface area contributed by atoms with Crippen LogP contribution < -0.4 is 5.32 Å². The van der Waals surface area contributed by atoms with Crippen LogP contribution in [0.15, 0.2) is 53.4 Å². The predicted octanol–water partition coefficient (Wildman–Crippen LogP) is 4.14. The lowest BCUT2D eigenvalue weighted by atomic mass is 10.1. The highest BCUT2D eigenvalue weighted by molar-refractivity contribution is 8.00. The van der Waals surface area contributed by atoms with Gasteiger partial charge in [-0.2, -0.15) is 13.2 Å². The Morgan fingerprint density at radius 1 is 1.09 bits per heavy atom. The molecule has 0 saturated heterocycles. The molecule has 0 aliphatic carbocycles. The normalized spacial score (nSPS) is 11.2. The van der Waals surface area contributed by atoms with Gasteiger partial charge in [0.15, 0.2) is 0 Å². The number of phenolic OH excluding ortho intramolecular Hbond substituents is 1. The number of nitrogens with one attached hydrogen (secondary N) is 1. The van der Waals surface area contributed by atoms with Crippen LogP contribution in [0.1, 0.15) is 5.56 Å². The zero-order valence-corrected chi connectivity index (χ0v) is 12.0. The summed E-state index contributed by atoms with van der Waals surface area (Å²) in [7, 11) is 0. The highest BCUT2D eigenvalue weighted by Gasteiger charge is 2.33. The molecule has 0 fully saturated rings. The molecule has 0 spiro atoms. The summed E-state index contributed by atoms with van der Waals surface area (Å²) in [6.45, 7) is 0. The summed E-state index contributed by atoms with van der Waals surface area (Å²) in [5.41, 5.74) is -1.13. The van der Waals surface area contributed by atoms with Crippen LogP contribution in [0.2, 0.25) is 0 Å². The second kappa shape index (κ2) is 6.74. The Hall–Kier alpha value is -2.15. The van der Waals surface area contributed by atoms with Gasteiger partial charge >= 0.3 is 6.18 Å². The number of para-hydroxylation sites is 1. The van der Waals surface area contributed by atoms with E-state index in [9.17, 15) is 18.0 Å². The largest absolute Gasteiger partial charge is 0.508 e. The van der Waals surface area contributed by atoms with Crippen molar-refractivity contribution < 1.29 is 23.1 Å². The number of rotatable bonds is 4. The van der Waals surface area contributed by atoms with Crippen molar-refractivity contribution in [2.45, 2.75) is 11.1 Å². The van der Waals surface area contributed by atoms with Crippen molar-refractivity contribution >= 4 is 23.4 Å². The molecular formula is C15H12F3NO2S. The number of carbonyl (C=O) groups is 1. The van der Waals surface area contributed by atoms with E-state index in [1.54, 1.807) is 12.1 Å². The fourth-order valence-electron chi connectivity index (χ4n) is 1.72. The summed E-state index contributed by atoms with van der Waals surface area (Å²) in [4.78, 5) is 12.5. The quantitative estimate of drug-likeness (QED) is 0.830. The Morgan fingerprint density at radius 2 is 1.73 bits per heavy atom. The van der Waals surface area contributed by atoms with Gasteiger partial charge in [-0.15, -0.1) is 11.8 Å². The molecule has 3 nitrogen and oxygen atoms in total. The third kappa shape index (κ3) is 4.42. The number of halogens is 3. The first kappa shape index (κ1) is 16.2. The first-order valence-corrected chi connectivity index (χ1v) is 7.23. The highest BCUT2D eigenvalue weighted by Crippen LogP contribution is 2.34. The number of hydrogen-bond donors (Lipinski definition) is 2.